The van der Waals surface area contributed by atoms with Gasteiger partial charge >= 0.3 is 5.69 Å². The van der Waals surface area contributed by atoms with Crippen molar-refractivity contribution >= 4 is 28.8 Å². The fraction of sp³-hybridized carbons (Fsp3) is 0.0625. The molecule has 0 saturated heterocycles. The number of para-hydroxylation sites is 1. The van der Waals surface area contributed by atoms with Crippen molar-refractivity contribution in [3.63, 3.8) is 0 Å². The van der Waals surface area contributed by atoms with Crippen molar-refractivity contribution in [2.24, 2.45) is 0 Å². The molecule has 3 aromatic rings. The van der Waals surface area contributed by atoms with E-state index in [0.717, 1.165) is 5.56 Å². The minimum absolute atomic E-state index is 0.0789. The Hall–Kier alpha value is -3.55. The maximum Gasteiger partial charge on any atom is 0.353 e. The van der Waals surface area contributed by atoms with Crippen LogP contribution in [0.4, 0.5) is 28.8 Å². The highest BCUT2D eigenvalue weighted by atomic mass is 16.6. The molecule has 0 atom stereocenters. The van der Waals surface area contributed by atoms with Gasteiger partial charge in [-0.2, -0.15) is 0 Å². The molecule has 1 aromatic carbocycles. The summed E-state index contributed by atoms with van der Waals surface area (Å²) in [7, 11) is 0. The predicted octanol–water partition coefficient (Wildman–Crippen LogP) is 3.58. The van der Waals surface area contributed by atoms with E-state index in [9.17, 15) is 10.1 Å². The normalized spacial score (nSPS) is 10.2. The smallest absolute Gasteiger partial charge is 0.334 e. The van der Waals surface area contributed by atoms with E-state index < -0.39 is 4.92 Å². The minimum Gasteiger partial charge on any atom is -0.334 e. The third-order valence-corrected chi connectivity index (χ3v) is 3.29. The molecule has 0 aliphatic rings. The molecule has 0 saturated carbocycles. The highest BCUT2D eigenvalue weighted by molar-refractivity contribution is 5.76. The van der Waals surface area contributed by atoms with Crippen LogP contribution >= 0.6 is 0 Å². The number of aryl methyl sites for hydroxylation is 1. The monoisotopic (exact) mass is 322 g/mol. The van der Waals surface area contributed by atoms with E-state index in [0.29, 0.717) is 11.5 Å². The maximum absolute atomic E-state index is 11.5. The molecule has 0 aliphatic carbocycles. The molecule has 8 heteroatoms. The number of rotatable bonds is 5. The van der Waals surface area contributed by atoms with Gasteiger partial charge in [0.1, 0.15) is 12.1 Å². The lowest BCUT2D eigenvalue weighted by molar-refractivity contribution is -0.383. The summed E-state index contributed by atoms with van der Waals surface area (Å²) < 4.78 is 0. The Bertz CT molecular complexity index is 869. The quantitative estimate of drug-likeness (QED) is 0.546. The summed E-state index contributed by atoms with van der Waals surface area (Å²) in [5.74, 6) is 0.692. The first kappa shape index (κ1) is 15.3. The van der Waals surface area contributed by atoms with Crippen LogP contribution in [0.5, 0.6) is 0 Å². The number of nitrogens with one attached hydrogen (secondary N) is 2. The van der Waals surface area contributed by atoms with Crippen molar-refractivity contribution in [2.45, 2.75) is 6.92 Å². The summed E-state index contributed by atoms with van der Waals surface area (Å²) in [6.07, 6.45) is 2.87. The largest absolute Gasteiger partial charge is 0.353 e. The van der Waals surface area contributed by atoms with E-state index in [1.54, 1.807) is 24.4 Å². The first-order valence-electron chi connectivity index (χ1n) is 7.15. The lowest BCUT2D eigenvalue weighted by atomic mass is 10.3. The van der Waals surface area contributed by atoms with E-state index in [2.05, 4.69) is 25.6 Å². The molecule has 8 nitrogen and oxygen atoms in total. The van der Waals surface area contributed by atoms with Crippen LogP contribution < -0.4 is 10.6 Å². The Labute approximate surface area is 137 Å². The van der Waals surface area contributed by atoms with Crippen LogP contribution in [0, 0.1) is 17.0 Å². The zero-order valence-corrected chi connectivity index (χ0v) is 12.8. The molecule has 0 fully saturated rings. The molecule has 0 unspecified atom stereocenters. The fourth-order valence-corrected chi connectivity index (χ4v) is 2.12. The Morgan fingerprint density at radius 2 is 1.62 bits per heavy atom. The Balaban J connectivity index is 1.99. The summed E-state index contributed by atoms with van der Waals surface area (Å²) in [5, 5.41) is 17.4. The Kier molecular flexibility index (Phi) is 4.28. The number of nitrogens with zero attached hydrogens (tertiary/aromatic N) is 4. The van der Waals surface area contributed by atoms with Crippen molar-refractivity contribution < 1.29 is 4.92 Å². The van der Waals surface area contributed by atoms with Crippen LogP contribution in [-0.2, 0) is 0 Å². The van der Waals surface area contributed by atoms with Gasteiger partial charge in [-0.15, -0.1) is 0 Å². The number of aromatic nitrogens is 3. The van der Waals surface area contributed by atoms with Gasteiger partial charge in [0.15, 0.2) is 0 Å². The number of hydrogen-bond acceptors (Lipinski definition) is 7. The van der Waals surface area contributed by atoms with Gasteiger partial charge in [0.2, 0.25) is 11.6 Å². The molecule has 0 bridgehead atoms. The van der Waals surface area contributed by atoms with Gasteiger partial charge in [0, 0.05) is 11.9 Å². The van der Waals surface area contributed by atoms with Gasteiger partial charge in [0.25, 0.3) is 0 Å². The number of anilines is 4. The van der Waals surface area contributed by atoms with Gasteiger partial charge < -0.3 is 10.6 Å². The topological polar surface area (TPSA) is 106 Å². The van der Waals surface area contributed by atoms with Gasteiger partial charge in [-0.3, -0.25) is 10.1 Å². The second kappa shape index (κ2) is 6.69. The van der Waals surface area contributed by atoms with Crippen LogP contribution in [0.15, 0.2) is 55.0 Å². The molecule has 3 rings (SSSR count). The lowest BCUT2D eigenvalue weighted by Gasteiger charge is -2.10. The zero-order chi connectivity index (χ0) is 16.9. The van der Waals surface area contributed by atoms with Crippen molar-refractivity contribution in [2.75, 3.05) is 10.6 Å². The van der Waals surface area contributed by atoms with E-state index in [1.165, 1.54) is 6.33 Å². The van der Waals surface area contributed by atoms with Crippen molar-refractivity contribution in [1.82, 2.24) is 15.0 Å². The van der Waals surface area contributed by atoms with E-state index in [-0.39, 0.29) is 17.3 Å². The highest BCUT2D eigenvalue weighted by Crippen LogP contribution is 2.32. The number of pyridine rings is 1. The van der Waals surface area contributed by atoms with Crippen LogP contribution in [0.1, 0.15) is 5.56 Å². The first-order valence-corrected chi connectivity index (χ1v) is 7.15. The maximum atomic E-state index is 11.5. The molecule has 0 spiro atoms. The summed E-state index contributed by atoms with van der Waals surface area (Å²) in [6, 6.07) is 12.7. The Morgan fingerprint density at radius 1 is 0.917 bits per heavy atom. The van der Waals surface area contributed by atoms with Crippen LogP contribution in [0.3, 0.4) is 0 Å². The molecule has 0 amide bonds. The minimum atomic E-state index is -0.522. The number of benzene rings is 1. The average Bonchev–Trinajstić information content (AvgIpc) is 2.58. The third-order valence-electron chi connectivity index (χ3n) is 3.29. The predicted molar refractivity (Wildman–Crippen MR) is 90.7 cm³/mol. The second-order valence-electron chi connectivity index (χ2n) is 4.96. The van der Waals surface area contributed by atoms with Gasteiger partial charge in [-0.05, 0) is 30.7 Å². The molecular formula is C16H14N6O2. The molecule has 24 heavy (non-hydrogen) atoms. The van der Waals surface area contributed by atoms with Crippen LogP contribution in [0.25, 0.3) is 0 Å². The molecule has 0 aliphatic heterocycles. The first-order chi connectivity index (χ1) is 11.6. The molecule has 2 aromatic heterocycles. The van der Waals surface area contributed by atoms with E-state index in [1.807, 2.05) is 31.2 Å². The lowest BCUT2D eigenvalue weighted by Crippen LogP contribution is -2.06. The molecule has 0 radical (unpaired) electrons. The Morgan fingerprint density at radius 3 is 2.29 bits per heavy atom. The van der Waals surface area contributed by atoms with Crippen LogP contribution in [-0.4, -0.2) is 19.9 Å². The SMILES string of the molecule is Cc1cccnc1Nc1ncnc(Nc2ccccc2)c1[N+](=O)[O-]. The van der Waals surface area contributed by atoms with E-state index in [4.69, 9.17) is 0 Å². The van der Waals surface area contributed by atoms with Gasteiger partial charge in [-0.1, -0.05) is 24.3 Å². The molecule has 120 valence electrons. The second-order valence-corrected chi connectivity index (χ2v) is 4.96. The van der Waals surface area contributed by atoms with Crippen molar-refractivity contribution in [3.8, 4) is 0 Å². The molecular weight excluding hydrogens is 308 g/mol. The summed E-state index contributed by atoms with van der Waals surface area (Å²) in [4.78, 5) is 23.2. The molecule has 2 heterocycles. The third kappa shape index (κ3) is 3.27. The van der Waals surface area contributed by atoms with E-state index >= 15 is 0 Å². The van der Waals surface area contributed by atoms with Gasteiger partial charge in [-0.25, -0.2) is 15.0 Å². The average molecular weight is 322 g/mol. The fourth-order valence-electron chi connectivity index (χ4n) is 2.12. The van der Waals surface area contributed by atoms with Crippen molar-refractivity contribution in [1.29, 1.82) is 0 Å². The number of hydrogen-bond donors (Lipinski definition) is 2. The van der Waals surface area contributed by atoms with Crippen molar-refractivity contribution in [3.05, 3.63) is 70.7 Å². The standard InChI is InChI=1S/C16H14N6O2/c1-11-6-5-9-17-14(11)21-16-13(22(23)24)15(18-10-19-16)20-12-7-3-2-4-8-12/h2-10H,1H3,(H2,17,18,19,20,21). The molecule has 2 N–H and O–H groups in total. The number of nitro groups is 1. The summed E-state index contributed by atoms with van der Waals surface area (Å²) >= 11 is 0. The summed E-state index contributed by atoms with van der Waals surface area (Å²) in [5.41, 5.74) is 1.30. The van der Waals surface area contributed by atoms with Crippen LogP contribution in [0.2, 0.25) is 0 Å². The highest BCUT2D eigenvalue weighted by Gasteiger charge is 2.23. The van der Waals surface area contributed by atoms with Gasteiger partial charge in [0.05, 0.1) is 4.92 Å². The zero-order valence-electron chi connectivity index (χ0n) is 12.8. The summed E-state index contributed by atoms with van der Waals surface area (Å²) in [6.45, 7) is 1.85.